The smallest absolute Gasteiger partial charge is 0.352 e. The average molecular weight is 590 g/mol. The quantitative estimate of drug-likeness (QED) is 0.134. The van der Waals surface area contributed by atoms with Gasteiger partial charge in [0.15, 0.2) is 0 Å². The Bertz CT molecular complexity index is 1760. The number of aromatic nitrogens is 1. The van der Waals surface area contributed by atoms with Crippen molar-refractivity contribution in [2.75, 3.05) is 32.8 Å². The van der Waals surface area contributed by atoms with Gasteiger partial charge in [-0.25, -0.2) is 4.79 Å². The summed E-state index contributed by atoms with van der Waals surface area (Å²) in [6.07, 6.45) is 5.22. The van der Waals surface area contributed by atoms with Crippen molar-refractivity contribution >= 4 is 33.6 Å². The van der Waals surface area contributed by atoms with Crippen LogP contribution in [-0.4, -0.2) is 59.7 Å². The van der Waals surface area contributed by atoms with Crippen LogP contribution in [0.3, 0.4) is 0 Å². The minimum absolute atomic E-state index is 0.0438. The molecular formula is C37H39N3O4. The van der Waals surface area contributed by atoms with Crippen LogP contribution in [-0.2, 0) is 19.3 Å². The fourth-order valence-electron chi connectivity index (χ4n) is 6.32. The number of carbonyl (C=O) groups is 2. The first kappa shape index (κ1) is 29.5. The molecular weight excluding hydrogens is 550 g/mol. The van der Waals surface area contributed by atoms with Gasteiger partial charge >= 0.3 is 5.97 Å². The van der Waals surface area contributed by atoms with E-state index in [0.29, 0.717) is 31.6 Å². The molecule has 0 aliphatic carbocycles. The number of fused-ring (bicyclic) bond motifs is 2. The van der Waals surface area contributed by atoms with Crippen LogP contribution in [0, 0.1) is 0 Å². The molecule has 1 aliphatic rings. The molecule has 1 amide bonds. The standard InChI is InChI=1S/C37H39N3O4/c41-36(38-20-23-40-21-3-4-22-40)29-13-5-9-26(25-29)18-19-28-12-6-15-31-32(35(37(42)43)39-34(28)31)16-8-24-44-33-17-7-11-27-10-1-2-14-30(27)33/h1-2,5-7,9-15,17,25,39H,3-4,8,16,18-24H2,(H,38,41)(H,42,43). The fraction of sp³-hybridized carbons (Fsp3) is 0.297. The van der Waals surface area contributed by atoms with E-state index in [1.54, 1.807) is 0 Å². The zero-order valence-electron chi connectivity index (χ0n) is 25.0. The van der Waals surface area contributed by atoms with E-state index in [1.807, 2.05) is 66.7 Å². The number of para-hydroxylation sites is 1. The Morgan fingerprint density at radius 2 is 1.64 bits per heavy atom. The minimum Gasteiger partial charge on any atom is -0.493 e. The van der Waals surface area contributed by atoms with Gasteiger partial charge in [-0.05, 0) is 91.9 Å². The maximum absolute atomic E-state index is 12.8. The molecule has 0 spiro atoms. The van der Waals surface area contributed by atoms with Crippen LogP contribution in [0.2, 0.25) is 0 Å². The lowest BCUT2D eigenvalue weighted by Gasteiger charge is -2.14. The Balaban J connectivity index is 1.10. The molecule has 1 fully saturated rings. The fourth-order valence-corrected chi connectivity index (χ4v) is 6.32. The number of nitrogens with one attached hydrogen (secondary N) is 2. The van der Waals surface area contributed by atoms with Crippen LogP contribution in [0.15, 0.2) is 84.9 Å². The topological polar surface area (TPSA) is 94.7 Å². The number of aromatic carboxylic acids is 1. The Morgan fingerprint density at radius 3 is 2.50 bits per heavy atom. The van der Waals surface area contributed by atoms with Crippen molar-refractivity contribution in [3.05, 3.63) is 113 Å². The summed E-state index contributed by atoms with van der Waals surface area (Å²) in [6, 6.07) is 28.0. The van der Waals surface area contributed by atoms with Gasteiger partial charge in [0.25, 0.3) is 5.91 Å². The minimum atomic E-state index is -0.958. The van der Waals surface area contributed by atoms with Crippen molar-refractivity contribution in [3.63, 3.8) is 0 Å². The molecule has 6 rings (SSSR count). The van der Waals surface area contributed by atoms with Crippen molar-refractivity contribution < 1.29 is 19.4 Å². The molecule has 7 heteroatoms. The number of nitrogens with zero attached hydrogens (tertiary/aromatic N) is 1. The molecule has 0 atom stereocenters. The van der Waals surface area contributed by atoms with Crippen molar-refractivity contribution in [3.8, 4) is 5.75 Å². The van der Waals surface area contributed by atoms with Gasteiger partial charge < -0.3 is 25.0 Å². The van der Waals surface area contributed by atoms with Crippen LogP contribution in [0.5, 0.6) is 5.75 Å². The van der Waals surface area contributed by atoms with Gasteiger partial charge in [-0.1, -0.05) is 66.7 Å². The second kappa shape index (κ2) is 13.8. The van der Waals surface area contributed by atoms with Gasteiger partial charge in [-0.15, -0.1) is 0 Å². The van der Waals surface area contributed by atoms with Crippen LogP contribution < -0.4 is 10.1 Å². The summed E-state index contributed by atoms with van der Waals surface area (Å²) in [7, 11) is 0. The third kappa shape index (κ3) is 6.79. The van der Waals surface area contributed by atoms with Crippen LogP contribution in [0.4, 0.5) is 0 Å². The van der Waals surface area contributed by atoms with Crippen LogP contribution in [0.25, 0.3) is 21.7 Å². The number of benzene rings is 4. The molecule has 226 valence electrons. The number of amides is 1. The molecule has 3 N–H and O–H groups in total. The van der Waals surface area contributed by atoms with Gasteiger partial charge in [-0.3, -0.25) is 4.79 Å². The lowest BCUT2D eigenvalue weighted by molar-refractivity contribution is 0.0690. The highest BCUT2D eigenvalue weighted by molar-refractivity contribution is 5.98. The number of rotatable bonds is 13. The number of hydrogen-bond acceptors (Lipinski definition) is 4. The molecule has 0 bridgehead atoms. The largest absolute Gasteiger partial charge is 0.493 e. The number of ether oxygens (including phenoxy) is 1. The first-order valence-corrected chi connectivity index (χ1v) is 15.6. The molecule has 0 radical (unpaired) electrons. The van der Waals surface area contributed by atoms with E-state index in [2.05, 4.69) is 33.4 Å². The first-order valence-electron chi connectivity index (χ1n) is 15.6. The summed E-state index contributed by atoms with van der Waals surface area (Å²) in [4.78, 5) is 30.6. The van der Waals surface area contributed by atoms with Crippen molar-refractivity contribution in [1.82, 2.24) is 15.2 Å². The third-order valence-corrected chi connectivity index (χ3v) is 8.60. The Kier molecular flexibility index (Phi) is 9.22. The number of carboxylic acids is 1. The van der Waals surface area contributed by atoms with E-state index in [9.17, 15) is 14.7 Å². The lowest BCUT2D eigenvalue weighted by atomic mass is 9.99. The molecule has 0 saturated carbocycles. The highest BCUT2D eigenvalue weighted by atomic mass is 16.5. The Hall–Kier alpha value is -4.62. The molecule has 1 aliphatic heterocycles. The van der Waals surface area contributed by atoms with E-state index in [4.69, 9.17) is 4.74 Å². The van der Waals surface area contributed by atoms with E-state index in [-0.39, 0.29) is 11.6 Å². The average Bonchev–Trinajstić information content (AvgIpc) is 3.71. The Labute approximate surface area is 257 Å². The molecule has 0 unspecified atom stereocenters. The number of aryl methyl sites for hydroxylation is 3. The predicted molar refractivity (Wildman–Crippen MR) is 175 cm³/mol. The zero-order chi connectivity index (χ0) is 30.3. The zero-order valence-corrected chi connectivity index (χ0v) is 25.0. The van der Waals surface area contributed by atoms with Crippen LogP contribution in [0.1, 0.15) is 56.8 Å². The number of H-pyrrole nitrogens is 1. The molecule has 7 nitrogen and oxygen atoms in total. The monoisotopic (exact) mass is 589 g/mol. The maximum atomic E-state index is 12.8. The van der Waals surface area contributed by atoms with Crippen LogP contribution >= 0.6 is 0 Å². The highest BCUT2D eigenvalue weighted by Gasteiger charge is 2.19. The molecule has 2 heterocycles. The summed E-state index contributed by atoms with van der Waals surface area (Å²) in [5, 5.41) is 16.2. The van der Waals surface area contributed by atoms with E-state index < -0.39 is 5.97 Å². The van der Waals surface area contributed by atoms with Gasteiger partial charge in [0.2, 0.25) is 0 Å². The summed E-state index contributed by atoms with van der Waals surface area (Å²) in [5.74, 6) is -0.162. The number of carbonyl (C=O) groups excluding carboxylic acids is 1. The number of likely N-dealkylation sites (tertiary alicyclic amines) is 1. The summed E-state index contributed by atoms with van der Waals surface area (Å²) >= 11 is 0. The molecule has 1 aromatic heterocycles. The van der Waals surface area contributed by atoms with Crippen molar-refractivity contribution in [2.45, 2.75) is 38.5 Å². The first-order chi connectivity index (χ1) is 21.6. The Morgan fingerprint density at radius 1 is 0.864 bits per heavy atom. The van der Waals surface area contributed by atoms with Crippen molar-refractivity contribution in [2.24, 2.45) is 0 Å². The van der Waals surface area contributed by atoms with E-state index in [1.165, 1.54) is 12.8 Å². The number of hydrogen-bond donors (Lipinski definition) is 3. The number of aromatic amines is 1. The van der Waals surface area contributed by atoms with E-state index in [0.717, 1.165) is 76.6 Å². The highest BCUT2D eigenvalue weighted by Crippen LogP contribution is 2.29. The lowest BCUT2D eigenvalue weighted by Crippen LogP contribution is -2.33. The predicted octanol–water partition coefficient (Wildman–Crippen LogP) is 6.64. The molecule has 5 aromatic rings. The van der Waals surface area contributed by atoms with Gasteiger partial charge in [0, 0.05) is 34.9 Å². The van der Waals surface area contributed by atoms with Crippen molar-refractivity contribution in [1.29, 1.82) is 0 Å². The third-order valence-electron chi connectivity index (χ3n) is 8.60. The van der Waals surface area contributed by atoms with E-state index >= 15 is 0 Å². The second-order valence-corrected chi connectivity index (χ2v) is 11.6. The summed E-state index contributed by atoms with van der Waals surface area (Å²) in [6.45, 7) is 4.27. The molecule has 1 saturated heterocycles. The molecule has 44 heavy (non-hydrogen) atoms. The molecule has 4 aromatic carbocycles. The van der Waals surface area contributed by atoms with Gasteiger partial charge in [0.05, 0.1) is 6.61 Å². The number of carboxylic acid groups (broad SMARTS) is 1. The normalized spacial score (nSPS) is 13.5. The summed E-state index contributed by atoms with van der Waals surface area (Å²) < 4.78 is 6.12. The SMILES string of the molecule is O=C(NCCN1CCCC1)c1cccc(CCc2cccc3c(CCCOc4cccc5ccccc45)c(C(=O)O)[nH]c23)c1. The van der Waals surface area contributed by atoms with Gasteiger partial charge in [0.1, 0.15) is 11.4 Å². The van der Waals surface area contributed by atoms with Gasteiger partial charge in [-0.2, -0.15) is 0 Å². The summed E-state index contributed by atoms with van der Waals surface area (Å²) in [5.41, 5.74) is 4.72. The second-order valence-electron chi connectivity index (χ2n) is 11.6. The maximum Gasteiger partial charge on any atom is 0.352 e.